The fraction of sp³-hybridized carbons (Fsp3) is 0.250. The lowest BCUT2D eigenvalue weighted by Gasteiger charge is -2.17. The number of benzene rings is 1. The summed E-state index contributed by atoms with van der Waals surface area (Å²) >= 11 is 1.85. The van der Waals surface area contributed by atoms with E-state index < -0.39 is 16.0 Å². The lowest BCUT2D eigenvalue weighted by molar-refractivity contribution is 0.0695. The number of sulfonamides is 1. The van der Waals surface area contributed by atoms with Gasteiger partial charge in [0.05, 0.1) is 10.5 Å². The molecule has 0 aliphatic carbocycles. The van der Waals surface area contributed by atoms with Crippen LogP contribution in [0.3, 0.4) is 0 Å². The van der Waals surface area contributed by atoms with Gasteiger partial charge in [0.25, 0.3) is 0 Å². The first-order chi connectivity index (χ1) is 8.66. The van der Waals surface area contributed by atoms with Crippen LogP contribution in [-0.2, 0) is 10.0 Å². The molecule has 0 heterocycles. The summed E-state index contributed by atoms with van der Waals surface area (Å²) in [7, 11) is -2.27. The summed E-state index contributed by atoms with van der Waals surface area (Å²) in [5.74, 6) is -1.15. The van der Waals surface area contributed by atoms with Gasteiger partial charge in [0.2, 0.25) is 10.0 Å². The minimum absolute atomic E-state index is 0.0228. The fourth-order valence-electron chi connectivity index (χ4n) is 1.47. The molecular weight excluding hydrogens is 381 g/mol. The van der Waals surface area contributed by atoms with Crippen LogP contribution in [0.5, 0.6) is 0 Å². The zero-order valence-corrected chi connectivity index (χ0v) is 13.5. The molecule has 104 valence electrons. The van der Waals surface area contributed by atoms with Crippen molar-refractivity contribution in [3.8, 4) is 0 Å². The molecule has 1 N–H and O–H groups in total. The molecule has 0 saturated carbocycles. The summed E-state index contributed by atoms with van der Waals surface area (Å²) in [5.41, 5.74) is 0.681. The Kier molecular flexibility index (Phi) is 5.11. The predicted molar refractivity (Wildman–Crippen MR) is 80.7 cm³/mol. The number of halogens is 1. The smallest absolute Gasteiger partial charge is 0.336 e. The van der Waals surface area contributed by atoms with E-state index in [9.17, 15) is 13.2 Å². The zero-order chi connectivity index (χ0) is 14.8. The number of carboxylic acid groups (broad SMARTS) is 1. The number of hydrogen-bond donors (Lipinski definition) is 1. The molecule has 0 spiro atoms. The van der Waals surface area contributed by atoms with E-state index in [0.29, 0.717) is 9.14 Å². The molecule has 1 rings (SSSR count). The highest BCUT2D eigenvalue weighted by atomic mass is 127. The van der Waals surface area contributed by atoms with Gasteiger partial charge >= 0.3 is 5.97 Å². The monoisotopic (exact) mass is 395 g/mol. The summed E-state index contributed by atoms with van der Waals surface area (Å²) in [4.78, 5) is 11.0. The zero-order valence-electron chi connectivity index (χ0n) is 10.6. The third-order valence-corrected chi connectivity index (χ3v) is 5.11. The minimum Gasteiger partial charge on any atom is -0.478 e. The van der Waals surface area contributed by atoms with Crippen molar-refractivity contribution in [2.45, 2.75) is 11.8 Å². The third-order valence-electron chi connectivity index (χ3n) is 2.37. The van der Waals surface area contributed by atoms with Crippen molar-refractivity contribution in [3.05, 3.63) is 39.5 Å². The molecule has 5 nitrogen and oxygen atoms in total. The highest BCUT2D eigenvalue weighted by Crippen LogP contribution is 2.20. The molecule has 0 atom stereocenters. The first-order valence-electron chi connectivity index (χ1n) is 5.30. The molecule has 0 unspecified atom stereocenters. The maximum Gasteiger partial charge on any atom is 0.336 e. The normalized spacial score (nSPS) is 11.6. The molecule has 1 aromatic carbocycles. The van der Waals surface area contributed by atoms with Crippen LogP contribution in [0, 0.1) is 3.57 Å². The summed E-state index contributed by atoms with van der Waals surface area (Å²) in [6.45, 7) is 5.58. The number of carboxylic acids is 1. The molecule has 0 aromatic heterocycles. The minimum atomic E-state index is -3.70. The average molecular weight is 395 g/mol. The van der Waals surface area contributed by atoms with E-state index in [1.165, 1.54) is 25.2 Å². The van der Waals surface area contributed by atoms with Gasteiger partial charge in [-0.2, -0.15) is 4.31 Å². The standard InChI is InChI=1S/C12H14INO4S/c1-8(2)7-14(3)19(17,18)9-4-5-11(13)10(6-9)12(15)16/h4-6H,1,7H2,2-3H3,(H,15,16). The number of hydrogen-bond acceptors (Lipinski definition) is 3. The van der Waals surface area contributed by atoms with Gasteiger partial charge in [-0.15, -0.1) is 0 Å². The Hall–Kier alpha value is -0.930. The molecule has 7 heteroatoms. The van der Waals surface area contributed by atoms with Crippen molar-refractivity contribution >= 4 is 38.6 Å². The van der Waals surface area contributed by atoms with Crippen molar-refractivity contribution in [2.75, 3.05) is 13.6 Å². The molecule has 0 aliphatic heterocycles. The Morgan fingerprint density at radius 2 is 2.05 bits per heavy atom. The van der Waals surface area contributed by atoms with E-state index in [4.69, 9.17) is 5.11 Å². The molecule has 0 bridgehead atoms. The Bertz CT molecular complexity index is 625. The molecule has 0 fully saturated rings. The summed E-state index contributed by atoms with van der Waals surface area (Å²) in [6, 6.07) is 4.05. The number of aromatic carboxylic acids is 1. The van der Waals surface area contributed by atoms with Crippen LogP contribution in [0.25, 0.3) is 0 Å². The maximum absolute atomic E-state index is 12.2. The average Bonchev–Trinajstić information content (AvgIpc) is 2.27. The van der Waals surface area contributed by atoms with E-state index in [2.05, 4.69) is 6.58 Å². The van der Waals surface area contributed by atoms with E-state index in [1.807, 2.05) is 22.6 Å². The summed E-state index contributed by atoms with van der Waals surface area (Å²) < 4.78 is 26.1. The number of carbonyl (C=O) groups is 1. The largest absolute Gasteiger partial charge is 0.478 e. The maximum atomic E-state index is 12.2. The van der Waals surface area contributed by atoms with Crippen molar-refractivity contribution in [1.82, 2.24) is 4.31 Å². The first-order valence-corrected chi connectivity index (χ1v) is 7.81. The SMILES string of the molecule is C=C(C)CN(C)S(=O)(=O)c1ccc(I)c(C(=O)O)c1. The fourth-order valence-corrected chi connectivity index (χ4v) is 3.30. The predicted octanol–water partition coefficient (Wildman–Crippen LogP) is 2.19. The van der Waals surface area contributed by atoms with Gasteiger partial charge in [-0.1, -0.05) is 12.2 Å². The Labute approximate surface area is 126 Å². The van der Waals surface area contributed by atoms with E-state index in [-0.39, 0.29) is 17.0 Å². The molecule has 0 amide bonds. The van der Waals surface area contributed by atoms with Crippen molar-refractivity contribution in [2.24, 2.45) is 0 Å². The second-order valence-electron chi connectivity index (χ2n) is 4.16. The van der Waals surface area contributed by atoms with E-state index in [1.54, 1.807) is 6.92 Å². The van der Waals surface area contributed by atoms with Crippen LogP contribution in [0.15, 0.2) is 35.2 Å². The third kappa shape index (κ3) is 3.77. The molecule has 0 radical (unpaired) electrons. The van der Waals surface area contributed by atoms with E-state index in [0.717, 1.165) is 4.31 Å². The van der Waals surface area contributed by atoms with Gasteiger partial charge in [0.1, 0.15) is 0 Å². The summed E-state index contributed by atoms with van der Waals surface area (Å²) in [5, 5.41) is 9.01. The number of likely N-dealkylation sites (N-methyl/N-ethyl adjacent to an activating group) is 1. The van der Waals surface area contributed by atoms with Crippen LogP contribution >= 0.6 is 22.6 Å². The number of nitrogens with zero attached hydrogens (tertiary/aromatic N) is 1. The molecule has 0 aliphatic rings. The van der Waals surface area contributed by atoms with Crippen LogP contribution in [0.1, 0.15) is 17.3 Å². The highest BCUT2D eigenvalue weighted by Gasteiger charge is 2.22. The van der Waals surface area contributed by atoms with E-state index >= 15 is 0 Å². The van der Waals surface area contributed by atoms with Gasteiger partial charge in [0.15, 0.2) is 0 Å². The van der Waals surface area contributed by atoms with Crippen LogP contribution in [0.4, 0.5) is 0 Å². The van der Waals surface area contributed by atoms with Crippen molar-refractivity contribution in [1.29, 1.82) is 0 Å². The quantitative estimate of drug-likeness (QED) is 0.613. The highest BCUT2D eigenvalue weighted by molar-refractivity contribution is 14.1. The lowest BCUT2D eigenvalue weighted by atomic mass is 10.2. The van der Waals surface area contributed by atoms with Crippen LogP contribution in [0.2, 0.25) is 0 Å². The molecule has 19 heavy (non-hydrogen) atoms. The van der Waals surface area contributed by atoms with Gasteiger partial charge in [-0.25, -0.2) is 13.2 Å². The Morgan fingerprint density at radius 3 is 2.53 bits per heavy atom. The molecule has 0 saturated heterocycles. The Morgan fingerprint density at radius 1 is 1.47 bits per heavy atom. The topological polar surface area (TPSA) is 74.7 Å². The van der Waals surface area contributed by atoms with Crippen molar-refractivity contribution in [3.63, 3.8) is 0 Å². The number of rotatable bonds is 5. The second-order valence-corrected chi connectivity index (χ2v) is 7.37. The lowest BCUT2D eigenvalue weighted by Crippen LogP contribution is -2.28. The van der Waals surface area contributed by atoms with Crippen LogP contribution < -0.4 is 0 Å². The Balaban J connectivity index is 3.26. The van der Waals surface area contributed by atoms with Crippen molar-refractivity contribution < 1.29 is 18.3 Å². The first kappa shape index (κ1) is 16.1. The molecule has 1 aromatic rings. The van der Waals surface area contributed by atoms with Gasteiger partial charge in [0, 0.05) is 17.2 Å². The van der Waals surface area contributed by atoms with Crippen LogP contribution in [-0.4, -0.2) is 37.4 Å². The summed E-state index contributed by atoms with van der Waals surface area (Å²) in [6.07, 6.45) is 0. The molecular formula is C12H14INO4S. The van der Waals surface area contributed by atoms with Gasteiger partial charge in [-0.3, -0.25) is 0 Å². The van der Waals surface area contributed by atoms with Gasteiger partial charge < -0.3 is 5.11 Å². The van der Waals surface area contributed by atoms with Gasteiger partial charge in [-0.05, 0) is 47.7 Å². The second kappa shape index (κ2) is 6.02.